The van der Waals surface area contributed by atoms with Gasteiger partial charge in [0.1, 0.15) is 0 Å². The van der Waals surface area contributed by atoms with E-state index in [1.807, 2.05) is 0 Å². The summed E-state index contributed by atoms with van der Waals surface area (Å²) < 4.78 is 5.58. The smallest absolute Gasteiger partial charge is 0.0472 e. The minimum Gasteiger partial charge on any atom is -0.396 e. The van der Waals surface area contributed by atoms with E-state index in [1.165, 1.54) is 19.4 Å². The Bertz CT molecular complexity index is 270. The Kier molecular flexibility index (Phi) is 6.27. The van der Waals surface area contributed by atoms with Crippen LogP contribution in [0.2, 0.25) is 0 Å². The second-order valence-corrected chi connectivity index (χ2v) is 7.05. The Morgan fingerprint density at radius 1 is 1.25 bits per heavy atom. The van der Waals surface area contributed by atoms with E-state index in [0.29, 0.717) is 24.0 Å². The van der Waals surface area contributed by atoms with Crippen LogP contribution in [0.4, 0.5) is 0 Å². The van der Waals surface area contributed by atoms with Gasteiger partial charge in [-0.15, -0.1) is 0 Å². The first-order chi connectivity index (χ1) is 9.63. The third-order valence-electron chi connectivity index (χ3n) is 4.96. The topological polar surface area (TPSA) is 44.7 Å². The highest BCUT2D eigenvalue weighted by Gasteiger charge is 2.35. The zero-order valence-electron chi connectivity index (χ0n) is 13.2. The third kappa shape index (κ3) is 4.69. The summed E-state index contributed by atoms with van der Waals surface area (Å²) in [6, 6.07) is 0.551. The molecule has 0 saturated carbocycles. The molecule has 2 saturated heterocycles. The summed E-state index contributed by atoms with van der Waals surface area (Å²) in [6.45, 7) is 11.2. The maximum Gasteiger partial charge on any atom is 0.0472 e. The molecule has 0 spiro atoms. The Labute approximate surface area is 123 Å². The van der Waals surface area contributed by atoms with Gasteiger partial charge in [-0.25, -0.2) is 0 Å². The van der Waals surface area contributed by atoms with Gasteiger partial charge in [-0.2, -0.15) is 0 Å². The van der Waals surface area contributed by atoms with Crippen LogP contribution in [0.5, 0.6) is 0 Å². The number of aliphatic hydroxyl groups excluding tert-OH is 1. The average molecular weight is 284 g/mol. The lowest BCUT2D eigenvalue weighted by Gasteiger charge is -2.43. The molecule has 0 aromatic heterocycles. The van der Waals surface area contributed by atoms with Gasteiger partial charge in [-0.3, -0.25) is 0 Å². The largest absolute Gasteiger partial charge is 0.396 e. The lowest BCUT2D eigenvalue weighted by atomic mass is 9.78. The minimum absolute atomic E-state index is 0.363. The number of hydrogen-bond acceptors (Lipinski definition) is 4. The maximum absolute atomic E-state index is 9.25. The fourth-order valence-corrected chi connectivity index (χ4v) is 3.42. The highest BCUT2D eigenvalue weighted by atomic mass is 16.5. The van der Waals surface area contributed by atoms with Gasteiger partial charge in [0.15, 0.2) is 0 Å². The van der Waals surface area contributed by atoms with E-state index in [0.717, 1.165) is 45.7 Å². The Balaban J connectivity index is 1.87. The van der Waals surface area contributed by atoms with Crippen molar-refractivity contribution in [2.24, 2.45) is 11.3 Å². The number of hydrogen-bond donors (Lipinski definition) is 2. The predicted molar refractivity (Wildman–Crippen MR) is 81.9 cm³/mol. The van der Waals surface area contributed by atoms with Gasteiger partial charge in [0.05, 0.1) is 0 Å². The van der Waals surface area contributed by atoms with Crippen LogP contribution >= 0.6 is 0 Å². The van der Waals surface area contributed by atoms with E-state index in [-0.39, 0.29) is 0 Å². The number of rotatable bonds is 6. The van der Waals surface area contributed by atoms with Gasteiger partial charge >= 0.3 is 0 Å². The second kappa shape index (κ2) is 7.74. The van der Waals surface area contributed by atoms with E-state index >= 15 is 0 Å². The molecule has 118 valence electrons. The molecule has 0 atom stereocenters. The molecule has 2 aliphatic heterocycles. The highest BCUT2D eigenvalue weighted by Crippen LogP contribution is 2.32. The van der Waals surface area contributed by atoms with Gasteiger partial charge in [-0.05, 0) is 50.1 Å². The van der Waals surface area contributed by atoms with Crippen molar-refractivity contribution in [3.05, 3.63) is 0 Å². The molecule has 2 aliphatic rings. The van der Waals surface area contributed by atoms with Crippen molar-refractivity contribution in [2.45, 2.75) is 45.6 Å². The number of aliphatic hydroxyl groups is 1. The first-order valence-electron chi connectivity index (χ1n) is 8.28. The molecule has 2 N–H and O–H groups in total. The van der Waals surface area contributed by atoms with E-state index in [4.69, 9.17) is 4.74 Å². The summed E-state index contributed by atoms with van der Waals surface area (Å²) in [7, 11) is 0. The fourth-order valence-electron chi connectivity index (χ4n) is 3.42. The SMILES string of the molecule is CC(C)NCC1(CN2CCC(CO)CC2)CCOCC1. The van der Waals surface area contributed by atoms with Gasteiger partial charge < -0.3 is 20.1 Å². The lowest BCUT2D eigenvalue weighted by Crippen LogP contribution is -2.50. The number of ether oxygens (including phenoxy) is 1. The van der Waals surface area contributed by atoms with E-state index < -0.39 is 0 Å². The number of nitrogens with zero attached hydrogens (tertiary/aromatic N) is 1. The third-order valence-corrected chi connectivity index (χ3v) is 4.96. The standard InChI is InChI=1S/C16H32N2O2/c1-14(2)17-12-16(5-9-20-10-6-16)13-18-7-3-15(11-19)4-8-18/h14-15,17,19H,3-13H2,1-2H3. The summed E-state index contributed by atoms with van der Waals surface area (Å²) in [4.78, 5) is 2.61. The molecule has 0 unspecified atom stereocenters. The molecular weight excluding hydrogens is 252 g/mol. The molecule has 0 aromatic carbocycles. The van der Waals surface area contributed by atoms with Crippen molar-refractivity contribution in [3.8, 4) is 0 Å². The van der Waals surface area contributed by atoms with E-state index in [1.54, 1.807) is 0 Å². The Morgan fingerprint density at radius 2 is 1.90 bits per heavy atom. The molecule has 2 fully saturated rings. The van der Waals surface area contributed by atoms with Crippen LogP contribution in [0.1, 0.15) is 39.5 Å². The van der Waals surface area contributed by atoms with Crippen molar-refractivity contribution in [3.63, 3.8) is 0 Å². The Morgan fingerprint density at radius 3 is 2.45 bits per heavy atom. The summed E-state index contributed by atoms with van der Waals surface area (Å²) in [5, 5.41) is 12.9. The quantitative estimate of drug-likeness (QED) is 0.775. The van der Waals surface area contributed by atoms with E-state index in [9.17, 15) is 5.11 Å². The van der Waals surface area contributed by atoms with Crippen LogP contribution in [0.3, 0.4) is 0 Å². The van der Waals surface area contributed by atoms with Gasteiger partial charge in [0.2, 0.25) is 0 Å². The molecule has 4 heteroatoms. The summed E-state index contributed by atoms with van der Waals surface area (Å²) in [5.74, 6) is 0.533. The average Bonchev–Trinajstić information content (AvgIpc) is 2.47. The predicted octanol–water partition coefficient (Wildman–Crippen LogP) is 1.49. The Hall–Kier alpha value is -0.160. The molecule has 20 heavy (non-hydrogen) atoms. The fraction of sp³-hybridized carbons (Fsp3) is 1.00. The molecule has 0 aliphatic carbocycles. The second-order valence-electron chi connectivity index (χ2n) is 7.05. The monoisotopic (exact) mass is 284 g/mol. The number of piperidine rings is 1. The van der Waals surface area contributed by atoms with Gasteiger partial charge in [0, 0.05) is 39.0 Å². The summed E-state index contributed by atoms with van der Waals surface area (Å²) >= 11 is 0. The van der Waals surface area contributed by atoms with Gasteiger partial charge in [-0.1, -0.05) is 13.8 Å². The zero-order valence-corrected chi connectivity index (χ0v) is 13.2. The van der Waals surface area contributed by atoms with Crippen LogP contribution in [-0.4, -0.2) is 62.0 Å². The first kappa shape index (κ1) is 16.2. The van der Waals surface area contributed by atoms with Crippen LogP contribution in [-0.2, 0) is 4.74 Å². The minimum atomic E-state index is 0.363. The molecule has 2 rings (SSSR count). The molecule has 0 bridgehead atoms. The lowest BCUT2D eigenvalue weighted by molar-refractivity contribution is -0.0120. The molecule has 0 amide bonds. The first-order valence-corrected chi connectivity index (χ1v) is 8.28. The van der Waals surface area contributed by atoms with Crippen molar-refractivity contribution in [1.29, 1.82) is 0 Å². The van der Waals surface area contributed by atoms with Crippen LogP contribution in [0, 0.1) is 11.3 Å². The zero-order chi connectivity index (χ0) is 14.4. The molecule has 2 heterocycles. The highest BCUT2D eigenvalue weighted by molar-refractivity contribution is 4.89. The van der Waals surface area contributed by atoms with Crippen LogP contribution in [0.25, 0.3) is 0 Å². The van der Waals surface area contributed by atoms with Crippen molar-refractivity contribution >= 4 is 0 Å². The number of likely N-dealkylation sites (tertiary alicyclic amines) is 1. The maximum atomic E-state index is 9.25. The van der Waals surface area contributed by atoms with Crippen molar-refractivity contribution < 1.29 is 9.84 Å². The number of nitrogens with one attached hydrogen (secondary N) is 1. The molecule has 0 aromatic rings. The van der Waals surface area contributed by atoms with Crippen LogP contribution < -0.4 is 5.32 Å². The van der Waals surface area contributed by atoms with Crippen LogP contribution in [0.15, 0.2) is 0 Å². The van der Waals surface area contributed by atoms with Crippen molar-refractivity contribution in [1.82, 2.24) is 10.2 Å². The van der Waals surface area contributed by atoms with Crippen molar-refractivity contribution in [2.75, 3.05) is 46.0 Å². The molecule has 4 nitrogen and oxygen atoms in total. The summed E-state index contributed by atoms with van der Waals surface area (Å²) in [5.41, 5.74) is 0.384. The normalized spacial score (nSPS) is 25.2. The molecular formula is C16H32N2O2. The van der Waals surface area contributed by atoms with E-state index in [2.05, 4.69) is 24.1 Å². The molecule has 0 radical (unpaired) electrons. The summed E-state index contributed by atoms with van der Waals surface area (Å²) in [6.07, 6.45) is 4.65. The van der Waals surface area contributed by atoms with Gasteiger partial charge in [0.25, 0.3) is 0 Å².